The fourth-order valence-electron chi connectivity index (χ4n) is 2.36. The predicted octanol–water partition coefficient (Wildman–Crippen LogP) is 2.74. The Morgan fingerprint density at radius 3 is 2.32 bits per heavy atom. The van der Waals surface area contributed by atoms with Crippen molar-refractivity contribution in [3.05, 3.63) is 34.9 Å². The Morgan fingerprint density at radius 2 is 1.74 bits per heavy atom. The van der Waals surface area contributed by atoms with Crippen LogP contribution in [0.25, 0.3) is 0 Å². The van der Waals surface area contributed by atoms with E-state index in [2.05, 4.69) is 6.92 Å². The highest BCUT2D eigenvalue weighted by atomic mass is 16.2. The van der Waals surface area contributed by atoms with Gasteiger partial charge in [-0.15, -0.1) is 0 Å². The van der Waals surface area contributed by atoms with Crippen LogP contribution in [0.1, 0.15) is 41.3 Å². The van der Waals surface area contributed by atoms with Gasteiger partial charge in [0.15, 0.2) is 0 Å². The van der Waals surface area contributed by atoms with E-state index in [9.17, 15) is 9.59 Å². The highest BCUT2D eigenvalue weighted by Gasteiger charge is 2.26. The van der Waals surface area contributed by atoms with Gasteiger partial charge in [-0.3, -0.25) is 9.59 Å². The molecule has 0 atom stereocenters. The summed E-state index contributed by atoms with van der Waals surface area (Å²) in [5.74, 6) is -0.0754. The van der Waals surface area contributed by atoms with E-state index in [1.54, 1.807) is 11.0 Å². The summed E-state index contributed by atoms with van der Waals surface area (Å²) in [5.41, 5.74) is 2.69. The standard InChI is InChI=1S/C16H21NO2/c1-11-6-8-17(9-7-11)16(19)15(18)14-5-4-12(2)13(3)10-14/h4-5,10-11H,6-9H2,1-3H3. The molecule has 1 fully saturated rings. The first-order chi connectivity index (χ1) is 8.99. The van der Waals surface area contributed by atoms with E-state index < -0.39 is 0 Å². The van der Waals surface area contributed by atoms with Gasteiger partial charge in [-0.2, -0.15) is 0 Å². The molecule has 0 bridgehead atoms. The van der Waals surface area contributed by atoms with E-state index in [1.807, 2.05) is 26.0 Å². The van der Waals surface area contributed by atoms with Crippen molar-refractivity contribution in [2.45, 2.75) is 33.6 Å². The Morgan fingerprint density at radius 1 is 1.11 bits per heavy atom. The van der Waals surface area contributed by atoms with Gasteiger partial charge in [-0.05, 0) is 49.8 Å². The lowest BCUT2D eigenvalue weighted by molar-refractivity contribution is -0.127. The molecule has 1 amide bonds. The van der Waals surface area contributed by atoms with Gasteiger partial charge in [0.05, 0.1) is 0 Å². The first kappa shape index (κ1) is 13.8. The van der Waals surface area contributed by atoms with Crippen molar-refractivity contribution in [1.29, 1.82) is 0 Å². The van der Waals surface area contributed by atoms with Crippen molar-refractivity contribution in [3.8, 4) is 0 Å². The van der Waals surface area contributed by atoms with Gasteiger partial charge in [0.25, 0.3) is 5.91 Å². The molecule has 1 aliphatic rings. The summed E-state index contributed by atoms with van der Waals surface area (Å²) in [6, 6.07) is 5.45. The average Bonchev–Trinajstić information content (AvgIpc) is 2.41. The molecule has 1 aromatic rings. The van der Waals surface area contributed by atoms with Crippen LogP contribution in [0.4, 0.5) is 0 Å². The second-order valence-electron chi connectivity index (χ2n) is 5.60. The Hall–Kier alpha value is -1.64. The van der Waals surface area contributed by atoms with E-state index in [0.717, 1.165) is 24.0 Å². The minimum Gasteiger partial charge on any atom is -0.336 e. The van der Waals surface area contributed by atoms with Crippen LogP contribution in [-0.4, -0.2) is 29.7 Å². The van der Waals surface area contributed by atoms with Gasteiger partial charge < -0.3 is 4.90 Å². The van der Waals surface area contributed by atoms with E-state index >= 15 is 0 Å². The van der Waals surface area contributed by atoms with Gasteiger partial charge in [0.2, 0.25) is 5.78 Å². The molecule has 0 spiro atoms. The van der Waals surface area contributed by atoms with E-state index in [4.69, 9.17) is 0 Å². The van der Waals surface area contributed by atoms with Crippen molar-refractivity contribution >= 4 is 11.7 Å². The Balaban J connectivity index is 2.10. The third kappa shape index (κ3) is 3.03. The maximum absolute atomic E-state index is 12.2. The van der Waals surface area contributed by atoms with Crippen LogP contribution in [0.5, 0.6) is 0 Å². The molecule has 102 valence electrons. The molecule has 3 heteroatoms. The van der Waals surface area contributed by atoms with Crippen LogP contribution in [0.2, 0.25) is 0 Å². The maximum atomic E-state index is 12.2. The Bertz CT molecular complexity index is 499. The first-order valence-electron chi connectivity index (χ1n) is 6.90. The van der Waals surface area contributed by atoms with Gasteiger partial charge in [0.1, 0.15) is 0 Å². The fourth-order valence-corrected chi connectivity index (χ4v) is 2.36. The highest BCUT2D eigenvalue weighted by Crippen LogP contribution is 2.18. The zero-order valence-electron chi connectivity index (χ0n) is 11.9. The van der Waals surface area contributed by atoms with E-state index in [-0.39, 0.29) is 11.7 Å². The molecule has 0 aromatic heterocycles. The molecule has 0 saturated carbocycles. The lowest BCUT2D eigenvalue weighted by Crippen LogP contribution is -2.41. The molecule has 0 aliphatic carbocycles. The molecule has 2 rings (SSSR count). The third-order valence-electron chi connectivity index (χ3n) is 4.03. The number of nitrogens with zero attached hydrogens (tertiary/aromatic N) is 1. The molecule has 1 heterocycles. The molecule has 0 radical (unpaired) electrons. The lowest BCUT2D eigenvalue weighted by atomic mass is 9.98. The maximum Gasteiger partial charge on any atom is 0.294 e. The number of piperidine rings is 1. The summed E-state index contributed by atoms with van der Waals surface area (Å²) >= 11 is 0. The van der Waals surface area contributed by atoms with Crippen LogP contribution in [-0.2, 0) is 4.79 Å². The number of hydrogen-bond acceptors (Lipinski definition) is 2. The summed E-state index contributed by atoms with van der Waals surface area (Å²) in [6.45, 7) is 7.55. The number of amides is 1. The number of aryl methyl sites for hydroxylation is 2. The average molecular weight is 259 g/mol. The highest BCUT2D eigenvalue weighted by molar-refractivity contribution is 6.42. The molecular weight excluding hydrogens is 238 g/mol. The number of Topliss-reactive ketones (excluding diaryl/α,β-unsaturated/α-hetero) is 1. The number of rotatable bonds is 2. The van der Waals surface area contributed by atoms with E-state index in [0.29, 0.717) is 24.6 Å². The van der Waals surface area contributed by atoms with Crippen LogP contribution < -0.4 is 0 Å². The lowest BCUT2D eigenvalue weighted by Gasteiger charge is -2.29. The topological polar surface area (TPSA) is 37.4 Å². The largest absolute Gasteiger partial charge is 0.336 e. The molecule has 0 N–H and O–H groups in total. The predicted molar refractivity (Wildman–Crippen MR) is 75.2 cm³/mol. The monoisotopic (exact) mass is 259 g/mol. The zero-order chi connectivity index (χ0) is 14.0. The van der Waals surface area contributed by atoms with Gasteiger partial charge in [0, 0.05) is 18.7 Å². The SMILES string of the molecule is Cc1ccc(C(=O)C(=O)N2CCC(C)CC2)cc1C. The smallest absolute Gasteiger partial charge is 0.294 e. The number of carbonyl (C=O) groups is 2. The van der Waals surface area contributed by atoms with Gasteiger partial charge >= 0.3 is 0 Å². The number of benzene rings is 1. The molecule has 3 nitrogen and oxygen atoms in total. The van der Waals surface area contributed by atoms with Crippen molar-refractivity contribution in [2.75, 3.05) is 13.1 Å². The molecule has 0 unspecified atom stereocenters. The van der Waals surface area contributed by atoms with Gasteiger partial charge in [-0.1, -0.05) is 19.1 Å². The Labute approximate surface area is 114 Å². The summed E-state index contributed by atoms with van der Waals surface area (Å²) < 4.78 is 0. The summed E-state index contributed by atoms with van der Waals surface area (Å²) in [4.78, 5) is 26.1. The van der Waals surface area contributed by atoms with Crippen LogP contribution in [0.3, 0.4) is 0 Å². The van der Waals surface area contributed by atoms with Crippen molar-refractivity contribution in [2.24, 2.45) is 5.92 Å². The molecule has 1 aliphatic heterocycles. The van der Waals surface area contributed by atoms with Crippen molar-refractivity contribution in [1.82, 2.24) is 4.90 Å². The number of likely N-dealkylation sites (tertiary alicyclic amines) is 1. The quantitative estimate of drug-likeness (QED) is 0.605. The van der Waals surface area contributed by atoms with Crippen LogP contribution in [0.15, 0.2) is 18.2 Å². The van der Waals surface area contributed by atoms with E-state index in [1.165, 1.54) is 0 Å². The van der Waals surface area contributed by atoms with Crippen LogP contribution in [0, 0.1) is 19.8 Å². The summed E-state index contributed by atoms with van der Waals surface area (Å²) in [6.07, 6.45) is 1.98. The zero-order valence-corrected chi connectivity index (χ0v) is 11.9. The molecule has 1 saturated heterocycles. The fraction of sp³-hybridized carbons (Fsp3) is 0.500. The summed E-state index contributed by atoms with van der Waals surface area (Å²) in [5, 5.41) is 0. The normalized spacial score (nSPS) is 16.5. The molecule has 19 heavy (non-hydrogen) atoms. The van der Waals surface area contributed by atoms with Crippen molar-refractivity contribution in [3.63, 3.8) is 0 Å². The second kappa shape index (κ2) is 5.55. The van der Waals surface area contributed by atoms with Crippen molar-refractivity contribution < 1.29 is 9.59 Å². The third-order valence-corrected chi connectivity index (χ3v) is 4.03. The molecular formula is C16H21NO2. The number of ketones is 1. The number of carbonyl (C=O) groups excluding carboxylic acids is 2. The number of hydrogen-bond donors (Lipinski definition) is 0. The summed E-state index contributed by atoms with van der Waals surface area (Å²) in [7, 11) is 0. The first-order valence-corrected chi connectivity index (χ1v) is 6.90. The molecule has 1 aromatic carbocycles. The minimum atomic E-state index is -0.377. The minimum absolute atomic E-state index is 0.352. The second-order valence-corrected chi connectivity index (χ2v) is 5.60. The van der Waals surface area contributed by atoms with Crippen LogP contribution >= 0.6 is 0 Å². The Kier molecular flexibility index (Phi) is 4.03. The van der Waals surface area contributed by atoms with Gasteiger partial charge in [-0.25, -0.2) is 0 Å².